The lowest BCUT2D eigenvalue weighted by Crippen LogP contribution is -2.27. The van der Waals surface area contributed by atoms with Gasteiger partial charge in [0.1, 0.15) is 5.15 Å². The van der Waals surface area contributed by atoms with Crippen LogP contribution in [0.15, 0.2) is 24.9 Å². The minimum absolute atomic E-state index is 0.181. The molecule has 0 unspecified atom stereocenters. The maximum Gasteiger partial charge on any atom is 0.252 e. The van der Waals surface area contributed by atoms with Crippen LogP contribution in [0.5, 0.6) is 0 Å². The van der Waals surface area contributed by atoms with Crippen molar-refractivity contribution in [1.82, 2.24) is 10.3 Å². The van der Waals surface area contributed by atoms with E-state index in [1.165, 1.54) is 12.3 Å². The first-order valence-corrected chi connectivity index (χ1v) is 6.18. The molecular weight excluding hydrogens is 275 g/mol. The molecule has 0 aliphatic carbocycles. The molecule has 1 rings (SSSR count). The molecule has 0 saturated heterocycles. The minimum Gasteiger partial charge on any atom is -0.379 e. The lowest BCUT2D eigenvalue weighted by molar-refractivity contribution is 0.0917. The highest BCUT2D eigenvalue weighted by Crippen LogP contribution is 2.19. The smallest absolute Gasteiger partial charge is 0.252 e. The first-order chi connectivity index (χ1) is 8.65. The predicted molar refractivity (Wildman–Crippen MR) is 72.2 cm³/mol. The number of rotatable bonds is 7. The molecule has 1 aromatic rings. The van der Waals surface area contributed by atoms with Crippen LogP contribution in [0, 0.1) is 0 Å². The van der Waals surface area contributed by atoms with Gasteiger partial charge in [0.25, 0.3) is 5.91 Å². The van der Waals surface area contributed by atoms with Gasteiger partial charge in [0, 0.05) is 12.7 Å². The quantitative estimate of drug-likeness (QED) is 0.477. The molecule has 0 atom stereocenters. The minimum atomic E-state index is -0.256. The Bertz CT molecular complexity index is 425. The summed E-state index contributed by atoms with van der Waals surface area (Å²) in [6, 6.07) is 1.48. The standard InChI is InChI=1S/C12H14Cl2N2O2/c1-2-3-5-18-6-4-15-12(17)9-7-10(13)11(14)16-8-9/h2,7-8H,1,3-6H2,(H,15,17). The molecule has 0 fully saturated rings. The second-order valence-electron chi connectivity index (χ2n) is 3.44. The summed E-state index contributed by atoms with van der Waals surface area (Å²) >= 11 is 11.4. The third-order valence-electron chi connectivity index (χ3n) is 2.06. The van der Waals surface area contributed by atoms with Crippen molar-refractivity contribution in [1.29, 1.82) is 0 Å². The van der Waals surface area contributed by atoms with Crippen molar-refractivity contribution in [2.75, 3.05) is 19.8 Å². The zero-order valence-corrected chi connectivity index (χ0v) is 11.3. The number of hydrogen-bond acceptors (Lipinski definition) is 3. The van der Waals surface area contributed by atoms with E-state index >= 15 is 0 Å². The summed E-state index contributed by atoms with van der Waals surface area (Å²) in [6.07, 6.45) is 3.95. The van der Waals surface area contributed by atoms with Crippen LogP contribution in [0.4, 0.5) is 0 Å². The van der Waals surface area contributed by atoms with Crippen molar-refractivity contribution in [3.05, 3.63) is 40.7 Å². The molecule has 1 aromatic heterocycles. The van der Waals surface area contributed by atoms with Gasteiger partial charge in [-0.25, -0.2) is 4.98 Å². The fourth-order valence-electron chi connectivity index (χ4n) is 1.15. The van der Waals surface area contributed by atoms with Gasteiger partial charge in [-0.1, -0.05) is 29.3 Å². The van der Waals surface area contributed by atoms with Gasteiger partial charge in [-0.3, -0.25) is 4.79 Å². The summed E-state index contributed by atoms with van der Waals surface area (Å²) < 4.78 is 5.25. The molecule has 0 saturated carbocycles. The SMILES string of the molecule is C=CCCOCCNC(=O)c1cnc(Cl)c(Cl)c1. The number of carbonyl (C=O) groups excluding carboxylic acids is 1. The molecule has 1 heterocycles. The average Bonchev–Trinajstić information content (AvgIpc) is 2.36. The summed E-state index contributed by atoms with van der Waals surface area (Å²) in [5.41, 5.74) is 0.371. The van der Waals surface area contributed by atoms with Crippen LogP contribution in [0.25, 0.3) is 0 Å². The Morgan fingerprint density at radius 2 is 2.28 bits per heavy atom. The van der Waals surface area contributed by atoms with Crippen LogP contribution in [-0.2, 0) is 4.74 Å². The Morgan fingerprint density at radius 3 is 2.94 bits per heavy atom. The molecule has 0 aliphatic rings. The van der Waals surface area contributed by atoms with Crippen LogP contribution in [0.1, 0.15) is 16.8 Å². The van der Waals surface area contributed by atoms with E-state index < -0.39 is 0 Å². The summed E-state index contributed by atoms with van der Waals surface area (Å²) in [4.78, 5) is 15.5. The summed E-state index contributed by atoms with van der Waals surface area (Å²) in [7, 11) is 0. The van der Waals surface area contributed by atoms with Crippen LogP contribution < -0.4 is 5.32 Å². The number of carbonyl (C=O) groups is 1. The lowest BCUT2D eigenvalue weighted by atomic mass is 10.3. The molecule has 1 N–H and O–H groups in total. The molecule has 0 bridgehead atoms. The number of nitrogens with one attached hydrogen (secondary N) is 1. The molecule has 0 spiro atoms. The number of ether oxygens (including phenoxy) is 1. The van der Waals surface area contributed by atoms with Crippen molar-refractivity contribution in [2.45, 2.75) is 6.42 Å². The van der Waals surface area contributed by atoms with Gasteiger partial charge in [-0.2, -0.15) is 0 Å². The Morgan fingerprint density at radius 1 is 1.50 bits per heavy atom. The van der Waals surface area contributed by atoms with Gasteiger partial charge >= 0.3 is 0 Å². The van der Waals surface area contributed by atoms with Crippen molar-refractivity contribution < 1.29 is 9.53 Å². The van der Waals surface area contributed by atoms with E-state index in [1.54, 1.807) is 6.08 Å². The van der Waals surface area contributed by atoms with E-state index in [0.717, 1.165) is 6.42 Å². The third kappa shape index (κ3) is 5.04. The van der Waals surface area contributed by atoms with Crippen molar-refractivity contribution >= 4 is 29.1 Å². The predicted octanol–water partition coefficient (Wildman–Crippen LogP) is 2.71. The molecule has 0 aromatic carbocycles. The monoisotopic (exact) mass is 288 g/mol. The van der Waals surface area contributed by atoms with Crippen LogP contribution >= 0.6 is 23.2 Å². The molecule has 98 valence electrons. The second-order valence-corrected chi connectivity index (χ2v) is 4.21. The van der Waals surface area contributed by atoms with E-state index in [-0.39, 0.29) is 16.1 Å². The maximum absolute atomic E-state index is 11.7. The lowest BCUT2D eigenvalue weighted by Gasteiger charge is -2.06. The zero-order chi connectivity index (χ0) is 13.4. The van der Waals surface area contributed by atoms with Crippen molar-refractivity contribution in [3.8, 4) is 0 Å². The molecule has 1 amide bonds. The highest BCUT2D eigenvalue weighted by molar-refractivity contribution is 6.41. The maximum atomic E-state index is 11.7. The van der Waals surface area contributed by atoms with Gasteiger partial charge in [0.05, 0.1) is 23.8 Å². The third-order valence-corrected chi connectivity index (χ3v) is 2.74. The van der Waals surface area contributed by atoms with E-state index in [4.69, 9.17) is 27.9 Å². The van der Waals surface area contributed by atoms with Gasteiger partial charge < -0.3 is 10.1 Å². The first kappa shape index (κ1) is 15.0. The Hall–Kier alpha value is -1.10. The first-order valence-electron chi connectivity index (χ1n) is 5.43. The molecular formula is C12H14Cl2N2O2. The average molecular weight is 289 g/mol. The van der Waals surface area contributed by atoms with Gasteiger partial charge in [-0.05, 0) is 12.5 Å². The molecule has 18 heavy (non-hydrogen) atoms. The van der Waals surface area contributed by atoms with E-state index in [9.17, 15) is 4.79 Å². The van der Waals surface area contributed by atoms with Crippen LogP contribution in [-0.4, -0.2) is 30.6 Å². The number of amides is 1. The molecule has 6 heteroatoms. The fraction of sp³-hybridized carbons (Fsp3) is 0.333. The highest BCUT2D eigenvalue weighted by Gasteiger charge is 2.08. The summed E-state index contributed by atoms with van der Waals surface area (Å²) in [5.74, 6) is -0.256. The van der Waals surface area contributed by atoms with E-state index in [2.05, 4.69) is 16.9 Å². The molecule has 4 nitrogen and oxygen atoms in total. The number of nitrogens with zero attached hydrogens (tertiary/aromatic N) is 1. The van der Waals surface area contributed by atoms with Crippen LogP contribution in [0.2, 0.25) is 10.2 Å². The second kappa shape index (κ2) is 8.08. The van der Waals surface area contributed by atoms with Crippen LogP contribution in [0.3, 0.4) is 0 Å². The number of pyridine rings is 1. The fourth-order valence-corrected chi connectivity index (χ4v) is 1.42. The number of aromatic nitrogens is 1. The van der Waals surface area contributed by atoms with Gasteiger partial charge in [0.2, 0.25) is 0 Å². The van der Waals surface area contributed by atoms with E-state index in [1.807, 2.05) is 0 Å². The van der Waals surface area contributed by atoms with E-state index in [0.29, 0.717) is 25.3 Å². The number of halogens is 2. The zero-order valence-electron chi connectivity index (χ0n) is 9.79. The highest BCUT2D eigenvalue weighted by atomic mass is 35.5. The molecule has 0 radical (unpaired) electrons. The largest absolute Gasteiger partial charge is 0.379 e. The summed E-state index contributed by atoms with van der Waals surface area (Å²) in [6.45, 7) is 5.07. The van der Waals surface area contributed by atoms with Crippen molar-refractivity contribution in [3.63, 3.8) is 0 Å². The van der Waals surface area contributed by atoms with Gasteiger partial charge in [0.15, 0.2) is 0 Å². The Kier molecular flexibility index (Phi) is 6.72. The number of hydrogen-bond donors (Lipinski definition) is 1. The Labute approximate surface area is 116 Å². The Balaban J connectivity index is 2.32. The topological polar surface area (TPSA) is 51.2 Å². The molecule has 0 aliphatic heterocycles. The normalized spacial score (nSPS) is 10.1. The van der Waals surface area contributed by atoms with Gasteiger partial charge in [-0.15, -0.1) is 6.58 Å². The van der Waals surface area contributed by atoms with Crippen molar-refractivity contribution in [2.24, 2.45) is 0 Å². The summed E-state index contributed by atoms with van der Waals surface area (Å²) in [5, 5.41) is 3.13.